The van der Waals surface area contributed by atoms with E-state index in [2.05, 4.69) is 29.6 Å². The first-order valence-corrected chi connectivity index (χ1v) is 11.1. The van der Waals surface area contributed by atoms with Crippen molar-refractivity contribution in [2.45, 2.75) is 6.54 Å². The van der Waals surface area contributed by atoms with Crippen molar-refractivity contribution < 1.29 is 4.39 Å². The van der Waals surface area contributed by atoms with Gasteiger partial charge in [-0.2, -0.15) is 9.47 Å². The van der Waals surface area contributed by atoms with E-state index in [-0.39, 0.29) is 17.9 Å². The minimum Gasteiger partial charge on any atom is -0.268 e. The zero-order valence-corrected chi connectivity index (χ0v) is 18.4. The van der Waals surface area contributed by atoms with Gasteiger partial charge in [0, 0.05) is 29.6 Å². The van der Waals surface area contributed by atoms with Crippen LogP contribution in [0.3, 0.4) is 0 Å². The Labute approximate surface area is 193 Å². The Morgan fingerprint density at radius 2 is 1.84 bits per heavy atom. The molecule has 0 spiro atoms. The van der Waals surface area contributed by atoms with Gasteiger partial charge in [-0.25, -0.2) is 14.1 Å². The molecule has 0 atom stereocenters. The molecule has 0 saturated heterocycles. The number of benzene rings is 1. The Balaban J connectivity index is 1.40. The van der Waals surface area contributed by atoms with Gasteiger partial charge in [-0.05, 0) is 47.9 Å². The molecule has 0 N–H and O–H groups in total. The smallest absolute Gasteiger partial charge is 0.267 e. The van der Waals surface area contributed by atoms with Crippen molar-refractivity contribution in [3.05, 3.63) is 81.1 Å². The third-order valence-electron chi connectivity index (χ3n) is 4.32. The topological polar surface area (TPSA) is 99.3 Å². The van der Waals surface area contributed by atoms with Gasteiger partial charge in [0.25, 0.3) is 5.56 Å². The standard InChI is InChI=1S/C20H11ClFN7OS2/c21-13-7-12(8-23-9-13)18-24-20(32-28-18)15-5-6-17(30)29(27-15)10-16-25-26-19(31-16)11-1-3-14(22)4-2-11/h1-9H,10H2. The summed E-state index contributed by atoms with van der Waals surface area (Å²) in [5.41, 5.74) is 1.67. The zero-order valence-electron chi connectivity index (χ0n) is 16.0. The molecule has 5 aromatic rings. The zero-order chi connectivity index (χ0) is 22.1. The molecule has 158 valence electrons. The summed E-state index contributed by atoms with van der Waals surface area (Å²) in [4.78, 5) is 20.9. The van der Waals surface area contributed by atoms with Crippen molar-refractivity contribution in [3.63, 3.8) is 0 Å². The summed E-state index contributed by atoms with van der Waals surface area (Å²) in [7, 11) is 0. The van der Waals surface area contributed by atoms with Crippen molar-refractivity contribution in [1.29, 1.82) is 0 Å². The molecular weight excluding hydrogens is 473 g/mol. The summed E-state index contributed by atoms with van der Waals surface area (Å²) >= 11 is 8.46. The number of hydrogen-bond acceptors (Lipinski definition) is 9. The van der Waals surface area contributed by atoms with Crippen LogP contribution in [0, 0.1) is 5.82 Å². The molecule has 4 heterocycles. The number of halogens is 2. The molecule has 0 radical (unpaired) electrons. The molecule has 0 unspecified atom stereocenters. The van der Waals surface area contributed by atoms with Crippen LogP contribution in [0.5, 0.6) is 0 Å². The number of nitrogens with zero attached hydrogens (tertiary/aromatic N) is 7. The van der Waals surface area contributed by atoms with Crippen molar-refractivity contribution in [2.75, 3.05) is 0 Å². The highest BCUT2D eigenvalue weighted by molar-refractivity contribution is 7.14. The minimum absolute atomic E-state index is 0.148. The fourth-order valence-electron chi connectivity index (χ4n) is 2.81. The predicted molar refractivity (Wildman–Crippen MR) is 120 cm³/mol. The van der Waals surface area contributed by atoms with Crippen molar-refractivity contribution in [1.82, 2.24) is 34.3 Å². The van der Waals surface area contributed by atoms with Crippen LogP contribution >= 0.6 is 34.5 Å². The summed E-state index contributed by atoms with van der Waals surface area (Å²) in [5, 5.41) is 15.0. The van der Waals surface area contributed by atoms with Crippen LogP contribution in [-0.2, 0) is 6.54 Å². The fourth-order valence-corrected chi connectivity index (χ4v) is 4.46. The van der Waals surface area contributed by atoms with Gasteiger partial charge < -0.3 is 0 Å². The maximum absolute atomic E-state index is 13.1. The van der Waals surface area contributed by atoms with Gasteiger partial charge >= 0.3 is 0 Å². The van der Waals surface area contributed by atoms with E-state index in [1.165, 1.54) is 40.4 Å². The lowest BCUT2D eigenvalue weighted by molar-refractivity contribution is 0.628. The summed E-state index contributed by atoms with van der Waals surface area (Å²) in [6.45, 7) is 0.148. The molecule has 0 aliphatic heterocycles. The van der Waals surface area contributed by atoms with Crippen LogP contribution < -0.4 is 5.56 Å². The SMILES string of the molecule is O=c1ccc(-c2nc(-c3cncc(Cl)c3)ns2)nn1Cc1nnc(-c2ccc(F)cc2)s1. The van der Waals surface area contributed by atoms with Crippen LogP contribution in [0.2, 0.25) is 5.02 Å². The molecule has 4 aromatic heterocycles. The monoisotopic (exact) mass is 483 g/mol. The van der Waals surface area contributed by atoms with Crippen molar-refractivity contribution >= 4 is 34.5 Å². The fraction of sp³-hybridized carbons (Fsp3) is 0.0500. The molecule has 12 heteroatoms. The molecule has 8 nitrogen and oxygen atoms in total. The first-order chi connectivity index (χ1) is 15.5. The molecule has 0 aliphatic carbocycles. The quantitative estimate of drug-likeness (QED) is 0.369. The maximum atomic E-state index is 13.1. The van der Waals surface area contributed by atoms with Crippen LogP contribution in [0.4, 0.5) is 4.39 Å². The highest BCUT2D eigenvalue weighted by Crippen LogP contribution is 2.26. The summed E-state index contributed by atoms with van der Waals surface area (Å²) in [6.07, 6.45) is 3.16. The van der Waals surface area contributed by atoms with E-state index in [1.54, 1.807) is 30.5 Å². The van der Waals surface area contributed by atoms with Gasteiger partial charge in [-0.3, -0.25) is 9.78 Å². The third-order valence-corrected chi connectivity index (χ3v) is 6.22. The molecule has 0 saturated carbocycles. The molecule has 32 heavy (non-hydrogen) atoms. The van der Waals surface area contributed by atoms with E-state index in [4.69, 9.17) is 11.6 Å². The second-order valence-corrected chi connectivity index (χ2v) is 8.79. The molecule has 0 aliphatic rings. The Kier molecular flexibility index (Phi) is 5.52. The van der Waals surface area contributed by atoms with Crippen molar-refractivity contribution in [2.24, 2.45) is 0 Å². The van der Waals surface area contributed by atoms with Gasteiger partial charge in [0.2, 0.25) is 0 Å². The second-order valence-electron chi connectivity index (χ2n) is 6.54. The average Bonchev–Trinajstić information content (AvgIpc) is 3.46. The second kappa shape index (κ2) is 8.61. The van der Waals surface area contributed by atoms with Crippen LogP contribution in [-0.4, -0.2) is 34.3 Å². The van der Waals surface area contributed by atoms with E-state index in [0.29, 0.717) is 37.1 Å². The Bertz CT molecular complexity index is 1470. The van der Waals surface area contributed by atoms with Gasteiger partial charge in [0.15, 0.2) is 10.8 Å². The van der Waals surface area contributed by atoms with Gasteiger partial charge in [0.05, 0.1) is 11.6 Å². The molecule has 1 aromatic carbocycles. The number of pyridine rings is 1. The van der Waals surface area contributed by atoms with Crippen LogP contribution in [0.1, 0.15) is 5.01 Å². The molecule has 0 fully saturated rings. The maximum Gasteiger partial charge on any atom is 0.267 e. The number of aromatic nitrogens is 7. The lowest BCUT2D eigenvalue weighted by atomic mass is 10.2. The minimum atomic E-state index is -0.322. The highest BCUT2D eigenvalue weighted by atomic mass is 35.5. The molecule has 0 bridgehead atoms. The number of rotatable bonds is 5. The summed E-state index contributed by atoms with van der Waals surface area (Å²) in [6, 6.07) is 10.7. The molecular formula is C20H11ClFN7OS2. The lowest BCUT2D eigenvalue weighted by Gasteiger charge is -2.02. The van der Waals surface area contributed by atoms with E-state index in [9.17, 15) is 9.18 Å². The normalized spacial score (nSPS) is 11.1. The first-order valence-electron chi connectivity index (χ1n) is 9.17. The largest absolute Gasteiger partial charge is 0.268 e. The first kappa shape index (κ1) is 20.5. The van der Waals surface area contributed by atoms with E-state index >= 15 is 0 Å². The van der Waals surface area contributed by atoms with Crippen LogP contribution in [0.25, 0.3) is 32.7 Å². The Morgan fingerprint density at radius 1 is 1.00 bits per heavy atom. The van der Waals surface area contributed by atoms with Crippen LogP contribution in [0.15, 0.2) is 59.7 Å². The van der Waals surface area contributed by atoms with E-state index in [1.807, 2.05) is 0 Å². The van der Waals surface area contributed by atoms with E-state index < -0.39 is 0 Å². The Hall–Kier alpha value is -3.41. The number of hydrogen-bond donors (Lipinski definition) is 0. The predicted octanol–water partition coefficient (Wildman–Crippen LogP) is 4.18. The van der Waals surface area contributed by atoms with Crippen molar-refractivity contribution in [3.8, 4) is 32.7 Å². The summed E-state index contributed by atoms with van der Waals surface area (Å²) < 4.78 is 18.8. The molecule has 0 amide bonds. The van der Waals surface area contributed by atoms with E-state index in [0.717, 1.165) is 17.1 Å². The highest BCUT2D eigenvalue weighted by Gasteiger charge is 2.14. The molecule has 5 rings (SSSR count). The van der Waals surface area contributed by atoms with Gasteiger partial charge in [0.1, 0.15) is 21.5 Å². The Morgan fingerprint density at radius 3 is 2.66 bits per heavy atom. The van der Waals surface area contributed by atoms with Gasteiger partial charge in [-0.15, -0.1) is 10.2 Å². The van der Waals surface area contributed by atoms with Gasteiger partial charge in [-0.1, -0.05) is 22.9 Å². The average molecular weight is 484 g/mol. The summed E-state index contributed by atoms with van der Waals surface area (Å²) in [5.74, 6) is 0.158. The third kappa shape index (κ3) is 4.31. The lowest BCUT2D eigenvalue weighted by Crippen LogP contribution is -2.22.